The molecule has 0 spiro atoms. The number of hydrogen-bond acceptors (Lipinski definition) is 4. The molecule has 2 rings (SSSR count). The van der Waals surface area contributed by atoms with Gasteiger partial charge in [0, 0.05) is 4.47 Å². The molecule has 0 aliphatic carbocycles. The molecule has 0 unspecified atom stereocenters. The minimum Gasteiger partial charge on any atom is -0.397 e. The van der Waals surface area contributed by atoms with Crippen LogP contribution in [0.3, 0.4) is 0 Å². The second-order valence-electron chi connectivity index (χ2n) is 3.63. The standard InChI is InChI=1S/C12H11BrN4O/c13-9-3-1-2-4-10(9)17-12-8(11(15)18)5-7(14)6-16-12/h1-6H,14H2,(H2,15,18)(H,16,17). The zero-order chi connectivity index (χ0) is 13.1. The molecule has 0 bridgehead atoms. The average Bonchev–Trinajstić information content (AvgIpc) is 2.34. The molecule has 0 radical (unpaired) electrons. The highest BCUT2D eigenvalue weighted by atomic mass is 79.9. The molecule has 18 heavy (non-hydrogen) atoms. The Hall–Kier alpha value is -2.08. The van der Waals surface area contributed by atoms with Gasteiger partial charge >= 0.3 is 0 Å². The van der Waals surface area contributed by atoms with E-state index < -0.39 is 5.91 Å². The van der Waals surface area contributed by atoms with Crippen molar-refractivity contribution in [1.29, 1.82) is 0 Å². The summed E-state index contributed by atoms with van der Waals surface area (Å²) in [5.41, 5.74) is 12.3. The highest BCUT2D eigenvalue weighted by Crippen LogP contribution is 2.26. The Labute approximate surface area is 112 Å². The van der Waals surface area contributed by atoms with Gasteiger partial charge in [-0.1, -0.05) is 12.1 Å². The molecule has 0 saturated heterocycles. The van der Waals surface area contributed by atoms with Gasteiger partial charge in [-0.3, -0.25) is 4.79 Å². The second-order valence-corrected chi connectivity index (χ2v) is 4.49. The van der Waals surface area contributed by atoms with Crippen LogP contribution in [0.5, 0.6) is 0 Å². The third-order valence-electron chi connectivity index (χ3n) is 2.30. The molecule has 0 aliphatic rings. The van der Waals surface area contributed by atoms with E-state index in [4.69, 9.17) is 11.5 Å². The van der Waals surface area contributed by atoms with Crippen LogP contribution in [-0.4, -0.2) is 10.9 Å². The molecule has 6 heteroatoms. The van der Waals surface area contributed by atoms with Gasteiger partial charge in [0.05, 0.1) is 23.1 Å². The van der Waals surface area contributed by atoms with E-state index in [1.165, 1.54) is 12.3 Å². The van der Waals surface area contributed by atoms with E-state index in [9.17, 15) is 4.79 Å². The van der Waals surface area contributed by atoms with Gasteiger partial charge in [-0.2, -0.15) is 0 Å². The van der Waals surface area contributed by atoms with Gasteiger partial charge in [-0.15, -0.1) is 0 Å². The van der Waals surface area contributed by atoms with Crippen LogP contribution < -0.4 is 16.8 Å². The highest BCUT2D eigenvalue weighted by molar-refractivity contribution is 9.10. The number of nitrogens with one attached hydrogen (secondary N) is 1. The fourth-order valence-electron chi connectivity index (χ4n) is 1.46. The maximum atomic E-state index is 11.3. The Morgan fingerprint density at radius 1 is 1.33 bits per heavy atom. The van der Waals surface area contributed by atoms with Gasteiger partial charge in [-0.25, -0.2) is 4.98 Å². The van der Waals surface area contributed by atoms with E-state index >= 15 is 0 Å². The first-order chi connectivity index (χ1) is 8.58. The molecular weight excluding hydrogens is 296 g/mol. The Morgan fingerprint density at radius 3 is 2.72 bits per heavy atom. The van der Waals surface area contributed by atoms with Gasteiger partial charge in [0.2, 0.25) is 0 Å². The summed E-state index contributed by atoms with van der Waals surface area (Å²) in [7, 11) is 0. The first-order valence-corrected chi connectivity index (χ1v) is 5.94. The SMILES string of the molecule is NC(=O)c1cc(N)cnc1Nc1ccccc1Br. The van der Waals surface area contributed by atoms with Crippen molar-refractivity contribution in [3.05, 3.63) is 46.6 Å². The second kappa shape index (κ2) is 5.05. The lowest BCUT2D eigenvalue weighted by Gasteiger charge is -2.10. The quantitative estimate of drug-likeness (QED) is 0.810. The molecule has 1 amide bonds. The number of halogens is 1. The van der Waals surface area contributed by atoms with Crippen LogP contribution in [-0.2, 0) is 0 Å². The smallest absolute Gasteiger partial charge is 0.252 e. The van der Waals surface area contributed by atoms with Crippen LogP contribution in [0.25, 0.3) is 0 Å². The third kappa shape index (κ3) is 2.60. The van der Waals surface area contributed by atoms with Crippen molar-refractivity contribution < 1.29 is 4.79 Å². The monoisotopic (exact) mass is 306 g/mol. The van der Waals surface area contributed by atoms with E-state index in [0.29, 0.717) is 11.5 Å². The van der Waals surface area contributed by atoms with Crippen molar-refractivity contribution in [3.8, 4) is 0 Å². The number of carbonyl (C=O) groups excluding carboxylic acids is 1. The number of anilines is 3. The van der Waals surface area contributed by atoms with Crippen LogP contribution in [0.1, 0.15) is 10.4 Å². The Bertz CT molecular complexity index is 600. The molecule has 1 heterocycles. The summed E-state index contributed by atoms with van der Waals surface area (Å²) < 4.78 is 0.860. The minimum atomic E-state index is -0.579. The molecule has 0 fully saturated rings. The number of hydrogen-bond donors (Lipinski definition) is 3. The lowest BCUT2D eigenvalue weighted by molar-refractivity contribution is 0.100. The molecule has 5 nitrogen and oxygen atoms in total. The number of nitrogen functional groups attached to an aromatic ring is 1. The Kier molecular flexibility index (Phi) is 3.47. The van der Waals surface area contributed by atoms with Crippen LogP contribution >= 0.6 is 15.9 Å². The topological polar surface area (TPSA) is 94.0 Å². The lowest BCUT2D eigenvalue weighted by Crippen LogP contribution is -2.14. The number of nitrogens with two attached hydrogens (primary N) is 2. The number of aromatic nitrogens is 1. The molecule has 0 saturated carbocycles. The van der Waals surface area contributed by atoms with Gasteiger partial charge < -0.3 is 16.8 Å². The molecule has 92 valence electrons. The fraction of sp³-hybridized carbons (Fsp3) is 0. The van der Waals surface area contributed by atoms with E-state index in [1.54, 1.807) is 0 Å². The van der Waals surface area contributed by atoms with Gasteiger partial charge in [-0.05, 0) is 34.1 Å². The normalized spacial score (nSPS) is 10.1. The average molecular weight is 307 g/mol. The van der Waals surface area contributed by atoms with Crippen LogP contribution in [0.2, 0.25) is 0 Å². The summed E-state index contributed by atoms with van der Waals surface area (Å²) in [6, 6.07) is 8.99. The first kappa shape index (κ1) is 12.4. The van der Waals surface area contributed by atoms with Crippen molar-refractivity contribution in [2.24, 2.45) is 5.73 Å². The molecule has 0 aliphatic heterocycles. The number of para-hydroxylation sites is 1. The van der Waals surface area contributed by atoms with Crippen LogP contribution in [0.4, 0.5) is 17.2 Å². The summed E-state index contributed by atoms with van der Waals surface area (Å²) in [6.45, 7) is 0. The van der Waals surface area contributed by atoms with Crippen molar-refractivity contribution in [2.75, 3.05) is 11.1 Å². The van der Waals surface area contributed by atoms with Gasteiger partial charge in [0.25, 0.3) is 5.91 Å². The zero-order valence-electron chi connectivity index (χ0n) is 9.35. The van der Waals surface area contributed by atoms with Crippen molar-refractivity contribution in [3.63, 3.8) is 0 Å². The molecule has 0 atom stereocenters. The molecule has 5 N–H and O–H groups in total. The van der Waals surface area contributed by atoms with E-state index in [2.05, 4.69) is 26.2 Å². The maximum absolute atomic E-state index is 11.3. The van der Waals surface area contributed by atoms with Crippen molar-refractivity contribution >= 4 is 39.0 Å². The lowest BCUT2D eigenvalue weighted by atomic mass is 10.2. The van der Waals surface area contributed by atoms with Gasteiger partial charge in [0.15, 0.2) is 0 Å². The van der Waals surface area contributed by atoms with Crippen LogP contribution in [0, 0.1) is 0 Å². The number of pyridine rings is 1. The highest BCUT2D eigenvalue weighted by Gasteiger charge is 2.11. The number of carbonyl (C=O) groups is 1. The zero-order valence-corrected chi connectivity index (χ0v) is 10.9. The predicted octanol–water partition coefficient (Wildman–Crippen LogP) is 2.27. The minimum absolute atomic E-state index is 0.255. The summed E-state index contributed by atoms with van der Waals surface area (Å²) in [6.07, 6.45) is 1.46. The summed E-state index contributed by atoms with van der Waals surface area (Å²) in [4.78, 5) is 15.4. The van der Waals surface area contributed by atoms with Crippen molar-refractivity contribution in [1.82, 2.24) is 4.98 Å². The number of nitrogens with zero attached hydrogens (tertiary/aromatic N) is 1. The van der Waals surface area contributed by atoms with Crippen LogP contribution in [0.15, 0.2) is 41.0 Å². The van der Waals surface area contributed by atoms with E-state index in [0.717, 1.165) is 10.2 Å². The third-order valence-corrected chi connectivity index (χ3v) is 2.99. The number of primary amides is 1. The largest absolute Gasteiger partial charge is 0.397 e. The summed E-state index contributed by atoms with van der Waals surface area (Å²) >= 11 is 3.40. The molecule has 2 aromatic rings. The number of rotatable bonds is 3. The van der Waals surface area contributed by atoms with Crippen molar-refractivity contribution in [2.45, 2.75) is 0 Å². The predicted molar refractivity (Wildman–Crippen MR) is 74.6 cm³/mol. The first-order valence-electron chi connectivity index (χ1n) is 5.15. The fourth-order valence-corrected chi connectivity index (χ4v) is 1.84. The molecule has 1 aromatic heterocycles. The van der Waals surface area contributed by atoms with E-state index in [1.807, 2.05) is 24.3 Å². The summed E-state index contributed by atoms with van der Waals surface area (Å²) in [5, 5.41) is 3.03. The Morgan fingerprint density at radius 2 is 2.06 bits per heavy atom. The number of amides is 1. The molecule has 1 aromatic carbocycles. The maximum Gasteiger partial charge on any atom is 0.252 e. The molecular formula is C12H11BrN4O. The number of benzene rings is 1. The summed E-state index contributed by atoms with van der Waals surface area (Å²) in [5.74, 6) is -0.201. The Balaban J connectivity index is 2.41. The van der Waals surface area contributed by atoms with E-state index in [-0.39, 0.29) is 5.56 Å². The van der Waals surface area contributed by atoms with Gasteiger partial charge in [0.1, 0.15) is 5.82 Å².